The van der Waals surface area contributed by atoms with Gasteiger partial charge in [0.1, 0.15) is 0 Å². The minimum absolute atomic E-state index is 0.0997. The van der Waals surface area contributed by atoms with Gasteiger partial charge in [-0.25, -0.2) is 4.39 Å². The van der Waals surface area contributed by atoms with Gasteiger partial charge in [0, 0.05) is 51.4 Å². The molecule has 27 heavy (non-hydrogen) atoms. The molecule has 1 fully saturated rings. The highest BCUT2D eigenvalue weighted by molar-refractivity contribution is 5.88. The zero-order valence-electron chi connectivity index (χ0n) is 15.0. The molecular formula is C19H21FN4O3. The molecule has 1 saturated heterocycles. The summed E-state index contributed by atoms with van der Waals surface area (Å²) in [6.45, 7) is 5.09. The molecule has 0 atom stereocenters. The monoisotopic (exact) mass is 372 g/mol. The smallest absolute Gasteiger partial charge is 0.272 e. The number of carbonyl (C=O) groups excluding carboxylic acids is 1. The van der Waals surface area contributed by atoms with Gasteiger partial charge in [-0.05, 0) is 23.8 Å². The first kappa shape index (κ1) is 18.8. The van der Waals surface area contributed by atoms with Crippen LogP contribution < -0.4 is 10.2 Å². The second-order valence-electron chi connectivity index (χ2n) is 6.53. The highest BCUT2D eigenvalue weighted by Crippen LogP contribution is 2.25. The summed E-state index contributed by atoms with van der Waals surface area (Å²) in [5, 5.41) is 13.5. The molecule has 1 aliphatic rings. The molecule has 1 amide bonds. The summed E-state index contributed by atoms with van der Waals surface area (Å²) in [7, 11) is 0. The number of benzene rings is 2. The summed E-state index contributed by atoms with van der Waals surface area (Å²) in [5.74, 6) is -0.663. The van der Waals surface area contributed by atoms with Crippen LogP contribution in [-0.2, 0) is 11.3 Å². The van der Waals surface area contributed by atoms with Crippen LogP contribution in [0.1, 0.15) is 12.5 Å². The van der Waals surface area contributed by atoms with E-state index in [2.05, 4.69) is 10.2 Å². The lowest BCUT2D eigenvalue weighted by atomic mass is 10.1. The quantitative estimate of drug-likeness (QED) is 0.645. The lowest BCUT2D eigenvalue weighted by Gasteiger charge is -2.36. The van der Waals surface area contributed by atoms with Crippen molar-refractivity contribution in [3.05, 3.63) is 64.0 Å². The molecule has 1 N–H and O–H groups in total. The van der Waals surface area contributed by atoms with Gasteiger partial charge in [-0.15, -0.1) is 0 Å². The fraction of sp³-hybridized carbons (Fsp3) is 0.316. The number of halogens is 1. The molecule has 0 aliphatic carbocycles. The number of anilines is 2. The van der Waals surface area contributed by atoms with Crippen molar-refractivity contribution in [2.75, 3.05) is 36.4 Å². The number of non-ortho nitro benzene ring substituents is 1. The second-order valence-corrected chi connectivity index (χ2v) is 6.53. The van der Waals surface area contributed by atoms with E-state index < -0.39 is 10.7 Å². The molecule has 8 heteroatoms. The highest BCUT2D eigenvalue weighted by Gasteiger charge is 2.21. The summed E-state index contributed by atoms with van der Waals surface area (Å²) in [6.07, 6.45) is 0. The van der Waals surface area contributed by atoms with E-state index in [1.54, 1.807) is 0 Å². The molecular weight excluding hydrogens is 351 g/mol. The maximum atomic E-state index is 14.2. The van der Waals surface area contributed by atoms with Crippen LogP contribution in [0.2, 0.25) is 0 Å². The third-order valence-corrected chi connectivity index (χ3v) is 4.54. The van der Waals surface area contributed by atoms with Crippen LogP contribution >= 0.6 is 0 Å². The molecule has 3 rings (SSSR count). The average molecular weight is 372 g/mol. The van der Waals surface area contributed by atoms with Gasteiger partial charge in [0.2, 0.25) is 5.91 Å². The standard InChI is InChI=1S/C19H21FN4O3/c1-14(25)21-16-4-2-15(3-5-16)13-22-8-10-23(11-9-22)19-7-6-17(24(26)27)12-18(19)20/h2-7,12H,8-11,13H2,1H3,(H,21,25). The van der Waals surface area contributed by atoms with Gasteiger partial charge >= 0.3 is 0 Å². The maximum absolute atomic E-state index is 14.2. The molecule has 142 valence electrons. The van der Waals surface area contributed by atoms with Crippen LogP contribution in [0, 0.1) is 15.9 Å². The van der Waals surface area contributed by atoms with Gasteiger partial charge in [0.05, 0.1) is 16.7 Å². The van der Waals surface area contributed by atoms with Crippen molar-refractivity contribution in [1.29, 1.82) is 0 Å². The van der Waals surface area contributed by atoms with E-state index in [1.165, 1.54) is 19.1 Å². The lowest BCUT2D eigenvalue weighted by Crippen LogP contribution is -2.46. The van der Waals surface area contributed by atoms with Gasteiger partial charge in [-0.3, -0.25) is 19.8 Å². The fourth-order valence-electron chi connectivity index (χ4n) is 3.17. The van der Waals surface area contributed by atoms with E-state index in [4.69, 9.17) is 0 Å². The Bertz CT molecular complexity index is 833. The highest BCUT2D eigenvalue weighted by atomic mass is 19.1. The summed E-state index contributed by atoms with van der Waals surface area (Å²) < 4.78 is 14.2. The van der Waals surface area contributed by atoms with E-state index in [1.807, 2.05) is 29.2 Å². The van der Waals surface area contributed by atoms with E-state index >= 15 is 0 Å². The van der Waals surface area contributed by atoms with Gasteiger partial charge in [-0.2, -0.15) is 0 Å². The predicted octanol–water partition coefficient (Wildman–Crippen LogP) is 3.01. The number of nitro benzene ring substituents is 1. The Kier molecular flexibility index (Phi) is 5.66. The maximum Gasteiger partial charge on any atom is 0.272 e. The molecule has 0 bridgehead atoms. The lowest BCUT2D eigenvalue weighted by molar-refractivity contribution is -0.385. The molecule has 7 nitrogen and oxygen atoms in total. The van der Waals surface area contributed by atoms with Crippen molar-refractivity contribution in [3.63, 3.8) is 0 Å². The Morgan fingerprint density at radius 2 is 1.81 bits per heavy atom. The molecule has 1 aliphatic heterocycles. The Balaban J connectivity index is 1.56. The van der Waals surface area contributed by atoms with Crippen molar-refractivity contribution in [1.82, 2.24) is 4.90 Å². The van der Waals surface area contributed by atoms with Crippen molar-refractivity contribution >= 4 is 23.0 Å². The van der Waals surface area contributed by atoms with Crippen LogP contribution in [0.15, 0.2) is 42.5 Å². The van der Waals surface area contributed by atoms with Crippen LogP contribution in [0.4, 0.5) is 21.5 Å². The topological polar surface area (TPSA) is 78.7 Å². The summed E-state index contributed by atoms with van der Waals surface area (Å²) in [6, 6.07) is 11.5. The van der Waals surface area contributed by atoms with Crippen LogP contribution in [0.5, 0.6) is 0 Å². The van der Waals surface area contributed by atoms with Crippen molar-refractivity contribution in [3.8, 4) is 0 Å². The normalized spacial score (nSPS) is 14.8. The molecule has 0 spiro atoms. The number of nitrogens with one attached hydrogen (secondary N) is 1. The Labute approximate surface area is 156 Å². The molecule has 0 radical (unpaired) electrons. The van der Waals surface area contributed by atoms with Gasteiger partial charge in [-0.1, -0.05) is 12.1 Å². The molecule has 0 aromatic heterocycles. The summed E-state index contributed by atoms with van der Waals surface area (Å²) in [4.78, 5) is 25.4. The SMILES string of the molecule is CC(=O)Nc1ccc(CN2CCN(c3ccc([N+](=O)[O-])cc3F)CC2)cc1. The number of carbonyl (C=O) groups is 1. The van der Waals surface area contributed by atoms with Crippen molar-refractivity contribution < 1.29 is 14.1 Å². The first-order chi connectivity index (χ1) is 12.9. The number of hydrogen-bond donors (Lipinski definition) is 1. The Hall–Kier alpha value is -3.00. The number of amides is 1. The number of hydrogen-bond acceptors (Lipinski definition) is 5. The van der Waals surface area contributed by atoms with Crippen LogP contribution in [0.25, 0.3) is 0 Å². The Morgan fingerprint density at radius 3 is 2.37 bits per heavy atom. The predicted molar refractivity (Wildman–Crippen MR) is 101 cm³/mol. The van der Waals surface area contributed by atoms with E-state index in [9.17, 15) is 19.3 Å². The van der Waals surface area contributed by atoms with Gasteiger partial charge in [0.25, 0.3) is 5.69 Å². The first-order valence-corrected chi connectivity index (χ1v) is 8.70. The average Bonchev–Trinajstić information content (AvgIpc) is 2.63. The van der Waals surface area contributed by atoms with E-state index in [-0.39, 0.29) is 11.6 Å². The summed E-state index contributed by atoms with van der Waals surface area (Å²) in [5.41, 5.74) is 2.07. The molecule has 0 unspecified atom stereocenters. The molecule has 2 aromatic carbocycles. The van der Waals surface area contributed by atoms with E-state index in [0.717, 1.165) is 37.0 Å². The molecule has 0 saturated carbocycles. The van der Waals surface area contributed by atoms with Crippen LogP contribution in [0.3, 0.4) is 0 Å². The largest absolute Gasteiger partial charge is 0.367 e. The van der Waals surface area contributed by atoms with E-state index in [0.29, 0.717) is 18.8 Å². The minimum Gasteiger partial charge on any atom is -0.367 e. The zero-order valence-corrected chi connectivity index (χ0v) is 15.0. The van der Waals surface area contributed by atoms with Crippen LogP contribution in [-0.4, -0.2) is 41.9 Å². The number of piperazine rings is 1. The van der Waals surface area contributed by atoms with Gasteiger partial charge < -0.3 is 10.2 Å². The first-order valence-electron chi connectivity index (χ1n) is 8.70. The zero-order chi connectivity index (χ0) is 19.4. The summed E-state index contributed by atoms with van der Waals surface area (Å²) >= 11 is 0. The Morgan fingerprint density at radius 1 is 1.15 bits per heavy atom. The third kappa shape index (κ3) is 4.79. The number of nitrogens with zero attached hydrogens (tertiary/aromatic N) is 3. The number of nitro groups is 1. The minimum atomic E-state index is -0.595. The van der Waals surface area contributed by atoms with Crippen molar-refractivity contribution in [2.45, 2.75) is 13.5 Å². The van der Waals surface area contributed by atoms with Gasteiger partial charge in [0.15, 0.2) is 5.82 Å². The fourth-order valence-corrected chi connectivity index (χ4v) is 3.17. The molecule has 2 aromatic rings. The van der Waals surface area contributed by atoms with Crippen molar-refractivity contribution in [2.24, 2.45) is 0 Å². The number of rotatable bonds is 5. The third-order valence-electron chi connectivity index (χ3n) is 4.54. The molecule has 1 heterocycles. The second kappa shape index (κ2) is 8.13.